The van der Waals surface area contributed by atoms with Gasteiger partial charge in [0.1, 0.15) is 10.8 Å². The number of thiazole rings is 1. The molecule has 0 saturated carbocycles. The Kier molecular flexibility index (Phi) is 4.90. The number of thioether (sulfide) groups is 1. The van der Waals surface area contributed by atoms with Crippen LogP contribution in [0, 0.1) is 0 Å². The minimum Gasteiger partial charge on any atom is -0.262 e. The molecule has 0 spiro atoms. The molecule has 0 aliphatic heterocycles. The maximum absolute atomic E-state index is 4.71. The van der Waals surface area contributed by atoms with Crippen molar-refractivity contribution in [3.05, 3.63) is 46.7 Å². The molecular formula is C16H18N4S2. The summed E-state index contributed by atoms with van der Waals surface area (Å²) in [5.41, 5.74) is 3.62. The van der Waals surface area contributed by atoms with Gasteiger partial charge in [-0.25, -0.2) is 9.97 Å². The van der Waals surface area contributed by atoms with Crippen LogP contribution in [0.4, 0.5) is 0 Å². The monoisotopic (exact) mass is 330 g/mol. The van der Waals surface area contributed by atoms with Gasteiger partial charge in [-0.3, -0.25) is 5.10 Å². The predicted octanol–water partition coefficient (Wildman–Crippen LogP) is 4.35. The summed E-state index contributed by atoms with van der Waals surface area (Å²) >= 11 is 3.30. The summed E-state index contributed by atoms with van der Waals surface area (Å²) in [5.74, 6) is 1.72. The molecule has 2 aromatic heterocycles. The van der Waals surface area contributed by atoms with Crippen molar-refractivity contribution < 1.29 is 0 Å². The Bertz CT molecular complexity index is 731. The number of aromatic nitrogens is 4. The number of H-pyrrole nitrogens is 1. The van der Waals surface area contributed by atoms with E-state index in [4.69, 9.17) is 4.98 Å². The highest BCUT2D eigenvalue weighted by molar-refractivity contribution is 7.98. The van der Waals surface area contributed by atoms with Crippen molar-refractivity contribution in [3.8, 4) is 10.6 Å². The largest absolute Gasteiger partial charge is 0.262 e. The van der Waals surface area contributed by atoms with Gasteiger partial charge in [0.05, 0.1) is 5.69 Å². The Hall–Kier alpha value is -1.66. The van der Waals surface area contributed by atoms with E-state index in [9.17, 15) is 0 Å². The molecule has 114 valence electrons. The fraction of sp³-hybridized carbons (Fsp3) is 0.312. The fourth-order valence-electron chi connectivity index (χ4n) is 2.03. The van der Waals surface area contributed by atoms with Crippen molar-refractivity contribution in [1.82, 2.24) is 20.2 Å². The number of aryl methyl sites for hydroxylation is 2. The van der Waals surface area contributed by atoms with Crippen molar-refractivity contribution in [2.24, 2.45) is 0 Å². The van der Waals surface area contributed by atoms with E-state index >= 15 is 0 Å². The Morgan fingerprint density at radius 1 is 1.09 bits per heavy atom. The maximum Gasteiger partial charge on any atom is 0.208 e. The molecule has 0 aliphatic rings. The van der Waals surface area contributed by atoms with E-state index in [0.717, 1.165) is 40.3 Å². The number of nitrogens with zero attached hydrogens (tertiary/aromatic N) is 3. The van der Waals surface area contributed by atoms with Gasteiger partial charge in [0.25, 0.3) is 0 Å². The third-order valence-electron chi connectivity index (χ3n) is 3.36. The zero-order chi connectivity index (χ0) is 15.4. The van der Waals surface area contributed by atoms with Gasteiger partial charge in [0.2, 0.25) is 5.16 Å². The molecule has 22 heavy (non-hydrogen) atoms. The first kappa shape index (κ1) is 15.2. The van der Waals surface area contributed by atoms with E-state index in [2.05, 4.69) is 58.7 Å². The number of nitrogens with one attached hydrogen (secondary N) is 1. The number of hydrogen-bond acceptors (Lipinski definition) is 5. The standard InChI is InChI=1S/C16H18N4S2/c1-3-11-5-7-12(8-6-11)15-17-13(9-21-15)10-22-16-18-14(4-2)19-20-16/h5-9H,3-4,10H2,1-2H3,(H,18,19,20). The third-order valence-corrected chi connectivity index (χ3v) is 5.18. The number of aromatic amines is 1. The minimum absolute atomic E-state index is 0.790. The molecular weight excluding hydrogens is 312 g/mol. The minimum atomic E-state index is 0.790. The van der Waals surface area contributed by atoms with Crippen LogP contribution in [0.2, 0.25) is 0 Å². The second-order valence-corrected chi connectivity index (χ2v) is 6.70. The summed E-state index contributed by atoms with van der Waals surface area (Å²) in [6, 6.07) is 8.64. The molecule has 0 fully saturated rings. The van der Waals surface area contributed by atoms with Gasteiger partial charge in [-0.05, 0) is 12.0 Å². The number of rotatable bonds is 6. The lowest BCUT2D eigenvalue weighted by molar-refractivity contribution is 0.941. The number of benzene rings is 1. The van der Waals surface area contributed by atoms with Gasteiger partial charge in [-0.1, -0.05) is 49.9 Å². The molecule has 3 rings (SSSR count). The van der Waals surface area contributed by atoms with Crippen LogP contribution in [0.5, 0.6) is 0 Å². The Labute approximate surface area is 138 Å². The quantitative estimate of drug-likeness (QED) is 0.683. The highest BCUT2D eigenvalue weighted by Crippen LogP contribution is 2.27. The van der Waals surface area contributed by atoms with Crippen LogP contribution < -0.4 is 0 Å². The summed E-state index contributed by atoms with van der Waals surface area (Å²) in [6.45, 7) is 4.23. The van der Waals surface area contributed by atoms with Crippen LogP contribution in [0.1, 0.15) is 30.9 Å². The van der Waals surface area contributed by atoms with E-state index in [1.165, 1.54) is 11.1 Å². The van der Waals surface area contributed by atoms with E-state index in [1.54, 1.807) is 23.1 Å². The van der Waals surface area contributed by atoms with E-state index in [0.29, 0.717) is 0 Å². The molecule has 1 N–H and O–H groups in total. The third kappa shape index (κ3) is 3.56. The van der Waals surface area contributed by atoms with Gasteiger partial charge in [-0.15, -0.1) is 16.4 Å². The maximum atomic E-state index is 4.71. The van der Waals surface area contributed by atoms with Crippen molar-refractivity contribution in [1.29, 1.82) is 0 Å². The van der Waals surface area contributed by atoms with Crippen LogP contribution in [-0.2, 0) is 18.6 Å². The zero-order valence-electron chi connectivity index (χ0n) is 12.7. The molecule has 3 aromatic rings. The molecule has 6 heteroatoms. The van der Waals surface area contributed by atoms with E-state index in [1.807, 2.05) is 0 Å². The Morgan fingerprint density at radius 3 is 2.59 bits per heavy atom. The van der Waals surface area contributed by atoms with Crippen molar-refractivity contribution in [2.75, 3.05) is 0 Å². The smallest absolute Gasteiger partial charge is 0.208 e. The molecule has 1 aromatic carbocycles. The van der Waals surface area contributed by atoms with E-state index in [-0.39, 0.29) is 0 Å². The van der Waals surface area contributed by atoms with Gasteiger partial charge in [0.15, 0.2) is 0 Å². The second-order valence-electron chi connectivity index (χ2n) is 4.90. The molecule has 0 radical (unpaired) electrons. The van der Waals surface area contributed by atoms with Crippen LogP contribution in [0.3, 0.4) is 0 Å². The second kappa shape index (κ2) is 7.07. The molecule has 0 aliphatic carbocycles. The molecule has 4 nitrogen and oxygen atoms in total. The van der Waals surface area contributed by atoms with Crippen LogP contribution in [0.15, 0.2) is 34.8 Å². The van der Waals surface area contributed by atoms with Crippen LogP contribution >= 0.6 is 23.1 Å². The Balaban J connectivity index is 1.65. The van der Waals surface area contributed by atoms with Gasteiger partial charge >= 0.3 is 0 Å². The van der Waals surface area contributed by atoms with Crippen molar-refractivity contribution in [2.45, 2.75) is 37.6 Å². The summed E-state index contributed by atoms with van der Waals surface area (Å²) < 4.78 is 0. The summed E-state index contributed by atoms with van der Waals surface area (Å²) in [6.07, 6.45) is 1.94. The predicted molar refractivity (Wildman–Crippen MR) is 92.2 cm³/mol. The van der Waals surface area contributed by atoms with Crippen LogP contribution in [0.25, 0.3) is 10.6 Å². The molecule has 0 saturated heterocycles. The van der Waals surface area contributed by atoms with E-state index < -0.39 is 0 Å². The highest BCUT2D eigenvalue weighted by atomic mass is 32.2. The lowest BCUT2D eigenvalue weighted by Gasteiger charge is -1.99. The SMILES string of the molecule is CCc1ccc(-c2nc(CSc3n[nH]c(CC)n3)cs2)cc1. The normalized spacial score (nSPS) is 11.0. The molecule has 0 amide bonds. The first-order valence-electron chi connectivity index (χ1n) is 7.36. The summed E-state index contributed by atoms with van der Waals surface area (Å²) in [7, 11) is 0. The number of hydrogen-bond donors (Lipinski definition) is 1. The van der Waals surface area contributed by atoms with Gasteiger partial charge in [0, 0.05) is 23.1 Å². The lowest BCUT2D eigenvalue weighted by Crippen LogP contribution is -1.84. The van der Waals surface area contributed by atoms with Crippen LogP contribution in [-0.4, -0.2) is 20.2 Å². The molecule has 0 unspecified atom stereocenters. The zero-order valence-corrected chi connectivity index (χ0v) is 14.3. The van der Waals surface area contributed by atoms with Crippen molar-refractivity contribution in [3.63, 3.8) is 0 Å². The van der Waals surface area contributed by atoms with Gasteiger partial charge in [-0.2, -0.15) is 0 Å². The average molecular weight is 330 g/mol. The first-order valence-corrected chi connectivity index (χ1v) is 9.22. The van der Waals surface area contributed by atoms with Crippen molar-refractivity contribution >= 4 is 23.1 Å². The van der Waals surface area contributed by atoms with Gasteiger partial charge < -0.3 is 0 Å². The summed E-state index contributed by atoms with van der Waals surface area (Å²) in [5, 5.41) is 11.1. The lowest BCUT2D eigenvalue weighted by atomic mass is 10.1. The average Bonchev–Trinajstić information content (AvgIpc) is 3.22. The molecule has 0 bridgehead atoms. The topological polar surface area (TPSA) is 54.5 Å². The Morgan fingerprint density at radius 2 is 1.91 bits per heavy atom. The summed E-state index contributed by atoms with van der Waals surface area (Å²) in [4.78, 5) is 9.11. The first-order chi connectivity index (χ1) is 10.8. The molecule has 2 heterocycles. The highest BCUT2D eigenvalue weighted by Gasteiger charge is 2.07. The molecule has 0 atom stereocenters. The fourth-order valence-corrected chi connectivity index (χ4v) is 3.67.